The largest absolute Gasteiger partial charge is 0.481 e. The number of carbonyl (C=O) groups is 1. The fourth-order valence-corrected chi connectivity index (χ4v) is 2.92. The fraction of sp³-hybridized carbons (Fsp3) is 0.333. The van der Waals surface area contributed by atoms with Gasteiger partial charge in [-0.1, -0.05) is 5.16 Å². The molecule has 1 atom stereocenters. The van der Waals surface area contributed by atoms with E-state index in [0.29, 0.717) is 4.68 Å². The van der Waals surface area contributed by atoms with Crippen molar-refractivity contribution in [1.82, 2.24) is 19.9 Å². The smallest absolute Gasteiger partial charge is 0.433 e. The highest BCUT2D eigenvalue weighted by atomic mass is 19.4. The molecule has 3 aromatic rings. The van der Waals surface area contributed by atoms with Gasteiger partial charge in [0.2, 0.25) is 5.88 Å². The van der Waals surface area contributed by atoms with Crippen molar-refractivity contribution >= 4 is 5.97 Å². The molecule has 1 N–H and O–H groups in total. The minimum atomic E-state index is -4.85. The van der Waals surface area contributed by atoms with Crippen molar-refractivity contribution in [3.63, 3.8) is 0 Å². The van der Waals surface area contributed by atoms with Crippen LogP contribution in [-0.2, 0) is 17.5 Å². The second-order valence-corrected chi connectivity index (χ2v) is 6.22. The first-order valence-electron chi connectivity index (χ1n) is 8.57. The molecule has 30 heavy (non-hydrogen) atoms. The Bertz CT molecular complexity index is 1060. The Balaban J connectivity index is 2.27. The molecule has 3 heterocycles. The molecule has 160 valence electrons. The minimum Gasteiger partial charge on any atom is -0.481 e. The monoisotopic (exact) mass is 426 g/mol. The molecule has 9 nitrogen and oxygen atoms in total. The van der Waals surface area contributed by atoms with Gasteiger partial charge in [-0.3, -0.25) is 4.68 Å². The minimum absolute atomic E-state index is 0.0864. The SMILES string of the molecule is COC(=O)c1c(-c2cccnc2OC)noc1-c1cnn(C[C@@H](C)O)c1C(F)(F)F. The number of carbonyl (C=O) groups excluding carboxylic acids is 1. The van der Waals surface area contributed by atoms with Crippen molar-refractivity contribution in [2.45, 2.75) is 25.7 Å². The number of esters is 1. The van der Waals surface area contributed by atoms with Gasteiger partial charge in [0.05, 0.1) is 44.2 Å². The summed E-state index contributed by atoms with van der Waals surface area (Å²) < 4.78 is 57.0. The number of halogens is 3. The van der Waals surface area contributed by atoms with E-state index in [9.17, 15) is 23.1 Å². The quantitative estimate of drug-likeness (QED) is 0.599. The standard InChI is InChI=1S/C18H17F3N4O5/c1-9(26)8-25-15(18(19,20)21)11(7-23-25)14-12(17(27)29-3)13(24-30-14)10-5-4-6-22-16(10)28-2/h4-7,9,26H,8H2,1-3H3/t9-/m1/s1. The van der Waals surface area contributed by atoms with Crippen LogP contribution in [0.4, 0.5) is 13.2 Å². The Hall–Kier alpha value is -3.41. The highest BCUT2D eigenvalue weighted by molar-refractivity contribution is 6.02. The van der Waals surface area contributed by atoms with E-state index in [1.165, 1.54) is 32.4 Å². The van der Waals surface area contributed by atoms with E-state index in [1.54, 1.807) is 0 Å². The zero-order valence-electron chi connectivity index (χ0n) is 16.1. The summed E-state index contributed by atoms with van der Waals surface area (Å²) in [5, 5.41) is 17.0. The van der Waals surface area contributed by atoms with Crippen LogP contribution in [0.1, 0.15) is 23.0 Å². The second kappa shape index (κ2) is 8.14. The molecule has 0 saturated carbocycles. The maximum atomic E-state index is 13.8. The number of hydrogen-bond donors (Lipinski definition) is 1. The Kier molecular flexibility index (Phi) is 5.78. The molecule has 0 fully saturated rings. The summed E-state index contributed by atoms with van der Waals surface area (Å²) in [6.45, 7) is 0.905. The third-order valence-corrected chi connectivity index (χ3v) is 4.09. The molecule has 0 amide bonds. The number of aliphatic hydroxyl groups excluding tert-OH is 1. The van der Waals surface area contributed by atoms with Crippen molar-refractivity contribution in [2.24, 2.45) is 0 Å². The number of aromatic nitrogens is 4. The molecule has 0 bridgehead atoms. The lowest BCUT2D eigenvalue weighted by Crippen LogP contribution is -2.21. The van der Waals surface area contributed by atoms with Crippen LogP contribution in [0.25, 0.3) is 22.6 Å². The molecule has 0 saturated heterocycles. The highest BCUT2D eigenvalue weighted by Crippen LogP contribution is 2.41. The van der Waals surface area contributed by atoms with E-state index < -0.39 is 41.8 Å². The lowest BCUT2D eigenvalue weighted by Gasteiger charge is -2.13. The summed E-state index contributed by atoms with van der Waals surface area (Å²) in [6, 6.07) is 3.05. The molecule has 3 aromatic heterocycles. The Morgan fingerprint density at radius 2 is 2.07 bits per heavy atom. The maximum absolute atomic E-state index is 13.8. The molecule has 0 spiro atoms. The Morgan fingerprint density at radius 3 is 2.67 bits per heavy atom. The number of pyridine rings is 1. The molecule has 0 aliphatic rings. The maximum Gasteiger partial charge on any atom is 0.433 e. The average Bonchev–Trinajstić information content (AvgIpc) is 3.30. The van der Waals surface area contributed by atoms with Crippen molar-refractivity contribution < 1.29 is 37.1 Å². The molecular formula is C18H17F3N4O5. The zero-order valence-corrected chi connectivity index (χ0v) is 16.1. The summed E-state index contributed by atoms with van der Waals surface area (Å²) >= 11 is 0. The lowest BCUT2D eigenvalue weighted by atomic mass is 10.0. The number of hydrogen-bond acceptors (Lipinski definition) is 8. The van der Waals surface area contributed by atoms with E-state index in [-0.39, 0.29) is 22.7 Å². The third kappa shape index (κ3) is 3.85. The third-order valence-electron chi connectivity index (χ3n) is 4.09. The number of alkyl halides is 3. The van der Waals surface area contributed by atoms with Gasteiger partial charge < -0.3 is 19.1 Å². The first kappa shape index (κ1) is 21.3. The number of rotatable bonds is 6. The van der Waals surface area contributed by atoms with Gasteiger partial charge in [-0.05, 0) is 19.1 Å². The molecule has 0 unspecified atom stereocenters. The molecule has 0 aromatic carbocycles. The highest BCUT2D eigenvalue weighted by Gasteiger charge is 2.41. The first-order valence-corrected chi connectivity index (χ1v) is 8.57. The van der Waals surface area contributed by atoms with Crippen LogP contribution in [0.2, 0.25) is 0 Å². The van der Waals surface area contributed by atoms with Gasteiger partial charge in [0.15, 0.2) is 11.5 Å². The first-order chi connectivity index (χ1) is 14.2. The Labute approximate surface area is 168 Å². The van der Waals surface area contributed by atoms with Gasteiger partial charge in [0.1, 0.15) is 11.3 Å². The summed E-state index contributed by atoms with van der Waals surface area (Å²) in [5.41, 5.74) is -1.94. The fourth-order valence-electron chi connectivity index (χ4n) is 2.92. The Morgan fingerprint density at radius 1 is 1.33 bits per heavy atom. The summed E-state index contributed by atoms with van der Waals surface area (Å²) in [4.78, 5) is 16.5. The molecule has 0 aliphatic carbocycles. The van der Waals surface area contributed by atoms with Crippen LogP contribution in [0, 0.1) is 0 Å². The summed E-state index contributed by atoms with van der Waals surface area (Å²) in [5.74, 6) is -1.36. The van der Waals surface area contributed by atoms with Crippen molar-refractivity contribution in [2.75, 3.05) is 14.2 Å². The average molecular weight is 426 g/mol. The normalized spacial score (nSPS) is 12.6. The van der Waals surface area contributed by atoms with E-state index in [0.717, 1.165) is 13.3 Å². The van der Waals surface area contributed by atoms with Gasteiger partial charge in [-0.15, -0.1) is 0 Å². The molecular weight excluding hydrogens is 409 g/mol. The van der Waals surface area contributed by atoms with Crippen molar-refractivity contribution in [3.05, 3.63) is 35.8 Å². The summed E-state index contributed by atoms with van der Waals surface area (Å²) in [7, 11) is 2.41. The predicted molar refractivity (Wildman–Crippen MR) is 95.5 cm³/mol. The van der Waals surface area contributed by atoms with Gasteiger partial charge >= 0.3 is 12.1 Å². The van der Waals surface area contributed by atoms with Crippen LogP contribution in [0.5, 0.6) is 5.88 Å². The predicted octanol–water partition coefficient (Wildman–Crippen LogP) is 2.79. The van der Waals surface area contributed by atoms with Gasteiger partial charge in [0.25, 0.3) is 0 Å². The van der Waals surface area contributed by atoms with E-state index in [2.05, 4.69) is 15.2 Å². The molecule has 0 radical (unpaired) electrons. The van der Waals surface area contributed by atoms with E-state index >= 15 is 0 Å². The number of ether oxygens (including phenoxy) is 2. The van der Waals surface area contributed by atoms with Crippen LogP contribution in [-0.4, -0.2) is 51.3 Å². The lowest BCUT2D eigenvalue weighted by molar-refractivity contribution is -0.144. The van der Waals surface area contributed by atoms with Gasteiger partial charge in [-0.25, -0.2) is 9.78 Å². The summed E-state index contributed by atoms with van der Waals surface area (Å²) in [6.07, 6.45) is -3.62. The number of nitrogens with zero attached hydrogens (tertiary/aromatic N) is 4. The van der Waals surface area contributed by atoms with Gasteiger partial charge in [-0.2, -0.15) is 18.3 Å². The van der Waals surface area contributed by atoms with Crippen LogP contribution in [0.15, 0.2) is 29.0 Å². The molecule has 0 aliphatic heterocycles. The van der Waals surface area contributed by atoms with Crippen molar-refractivity contribution in [3.8, 4) is 28.5 Å². The van der Waals surface area contributed by atoms with Crippen LogP contribution >= 0.6 is 0 Å². The zero-order chi connectivity index (χ0) is 22.1. The van der Waals surface area contributed by atoms with Crippen molar-refractivity contribution in [1.29, 1.82) is 0 Å². The topological polar surface area (TPSA) is 113 Å². The van der Waals surface area contributed by atoms with Crippen LogP contribution in [0.3, 0.4) is 0 Å². The molecule has 3 rings (SSSR count). The van der Waals surface area contributed by atoms with Gasteiger partial charge in [0, 0.05) is 6.20 Å². The number of methoxy groups -OCH3 is 2. The van der Waals surface area contributed by atoms with E-state index in [1.807, 2.05) is 0 Å². The second-order valence-electron chi connectivity index (χ2n) is 6.22. The number of aliphatic hydroxyl groups is 1. The van der Waals surface area contributed by atoms with E-state index in [4.69, 9.17) is 14.0 Å². The molecule has 12 heteroatoms. The van der Waals surface area contributed by atoms with Crippen LogP contribution < -0.4 is 4.74 Å².